The zero-order valence-electron chi connectivity index (χ0n) is 8.93. The first-order valence-electron chi connectivity index (χ1n) is 4.61. The fourth-order valence-corrected chi connectivity index (χ4v) is 1.14. The van der Waals surface area contributed by atoms with Crippen LogP contribution in [0.15, 0.2) is 12.3 Å². The molecule has 1 heterocycles. The summed E-state index contributed by atoms with van der Waals surface area (Å²) in [7, 11) is 0. The molecule has 0 fully saturated rings. The average Bonchev–Trinajstić information content (AvgIpc) is 2.24. The van der Waals surface area contributed by atoms with Crippen LogP contribution in [-0.4, -0.2) is 23.6 Å². The first-order valence-corrected chi connectivity index (χ1v) is 4.61. The van der Waals surface area contributed by atoms with Gasteiger partial charge in [0, 0.05) is 11.9 Å². The number of pyridine rings is 1. The SMILES string of the molecule is Cc1cc(NN)c(C(=O)NCC(F)(F)F)cn1. The second-order valence-corrected chi connectivity index (χ2v) is 3.31. The normalized spacial score (nSPS) is 11.1. The van der Waals surface area contributed by atoms with E-state index in [1.807, 2.05) is 0 Å². The van der Waals surface area contributed by atoms with Gasteiger partial charge in [-0.05, 0) is 13.0 Å². The zero-order chi connectivity index (χ0) is 13.1. The predicted molar refractivity (Wildman–Crippen MR) is 55.2 cm³/mol. The minimum Gasteiger partial charge on any atom is -0.343 e. The summed E-state index contributed by atoms with van der Waals surface area (Å²) in [6, 6.07) is 1.46. The number of anilines is 1. The first-order chi connectivity index (χ1) is 7.83. The summed E-state index contributed by atoms with van der Waals surface area (Å²) in [4.78, 5) is 15.3. The molecular weight excluding hydrogens is 237 g/mol. The lowest BCUT2D eigenvalue weighted by Gasteiger charge is -2.11. The van der Waals surface area contributed by atoms with Crippen LogP contribution in [0.1, 0.15) is 16.1 Å². The second-order valence-electron chi connectivity index (χ2n) is 3.31. The lowest BCUT2D eigenvalue weighted by atomic mass is 10.2. The number of aromatic nitrogens is 1. The summed E-state index contributed by atoms with van der Waals surface area (Å²) >= 11 is 0. The van der Waals surface area contributed by atoms with Crippen molar-refractivity contribution < 1.29 is 18.0 Å². The van der Waals surface area contributed by atoms with E-state index >= 15 is 0 Å². The molecular formula is C9H11F3N4O. The number of hydrazine groups is 1. The summed E-state index contributed by atoms with van der Waals surface area (Å²) in [5.41, 5.74) is 3.00. The largest absolute Gasteiger partial charge is 0.405 e. The molecule has 0 atom stereocenters. The Hall–Kier alpha value is -1.83. The van der Waals surface area contributed by atoms with Crippen LogP contribution in [0, 0.1) is 6.92 Å². The van der Waals surface area contributed by atoms with Crippen LogP contribution in [0.5, 0.6) is 0 Å². The Morgan fingerprint density at radius 3 is 2.71 bits per heavy atom. The number of nitrogens with one attached hydrogen (secondary N) is 2. The van der Waals surface area contributed by atoms with E-state index in [1.165, 1.54) is 6.07 Å². The summed E-state index contributed by atoms with van der Waals surface area (Å²) in [6.45, 7) is 0.266. The Balaban J connectivity index is 2.82. The number of rotatable bonds is 3. The van der Waals surface area contributed by atoms with E-state index in [9.17, 15) is 18.0 Å². The second kappa shape index (κ2) is 5.00. The third kappa shape index (κ3) is 3.91. The Morgan fingerprint density at radius 1 is 1.53 bits per heavy atom. The van der Waals surface area contributed by atoms with Crippen LogP contribution < -0.4 is 16.6 Å². The molecule has 17 heavy (non-hydrogen) atoms. The molecule has 0 saturated carbocycles. The van der Waals surface area contributed by atoms with Crippen LogP contribution in [-0.2, 0) is 0 Å². The highest BCUT2D eigenvalue weighted by Gasteiger charge is 2.28. The smallest absolute Gasteiger partial charge is 0.343 e. The molecule has 8 heteroatoms. The van der Waals surface area contributed by atoms with Gasteiger partial charge in [-0.2, -0.15) is 13.2 Å². The topological polar surface area (TPSA) is 80.0 Å². The van der Waals surface area contributed by atoms with Crippen molar-refractivity contribution in [1.29, 1.82) is 0 Å². The van der Waals surface area contributed by atoms with E-state index in [4.69, 9.17) is 5.84 Å². The van der Waals surface area contributed by atoms with E-state index in [0.717, 1.165) is 6.20 Å². The van der Waals surface area contributed by atoms with Gasteiger partial charge in [-0.3, -0.25) is 15.6 Å². The highest BCUT2D eigenvalue weighted by molar-refractivity contribution is 5.99. The van der Waals surface area contributed by atoms with Gasteiger partial charge in [-0.25, -0.2) is 0 Å². The number of aryl methyl sites for hydroxylation is 1. The number of nitrogen functional groups attached to an aromatic ring is 1. The molecule has 4 N–H and O–H groups in total. The van der Waals surface area contributed by atoms with Crippen molar-refractivity contribution in [3.63, 3.8) is 0 Å². The summed E-state index contributed by atoms with van der Waals surface area (Å²) in [5.74, 6) is 4.27. The highest BCUT2D eigenvalue weighted by atomic mass is 19.4. The average molecular weight is 248 g/mol. The molecule has 0 radical (unpaired) electrons. The Labute approximate surface area is 95.2 Å². The lowest BCUT2D eigenvalue weighted by molar-refractivity contribution is -0.123. The van der Waals surface area contributed by atoms with Crippen molar-refractivity contribution >= 4 is 11.6 Å². The van der Waals surface area contributed by atoms with Crippen molar-refractivity contribution in [3.8, 4) is 0 Å². The maximum absolute atomic E-state index is 11.9. The van der Waals surface area contributed by atoms with E-state index < -0.39 is 18.6 Å². The van der Waals surface area contributed by atoms with Crippen molar-refractivity contribution in [3.05, 3.63) is 23.5 Å². The number of carbonyl (C=O) groups is 1. The monoisotopic (exact) mass is 248 g/mol. The van der Waals surface area contributed by atoms with Gasteiger partial charge < -0.3 is 10.7 Å². The predicted octanol–water partition coefficient (Wildman–Crippen LogP) is 0.968. The molecule has 0 unspecified atom stereocenters. The van der Waals surface area contributed by atoms with Crippen LogP contribution in [0.2, 0.25) is 0 Å². The third-order valence-electron chi connectivity index (χ3n) is 1.89. The maximum atomic E-state index is 11.9. The third-order valence-corrected chi connectivity index (χ3v) is 1.89. The van der Waals surface area contributed by atoms with E-state index in [2.05, 4.69) is 10.4 Å². The molecule has 0 saturated heterocycles. The van der Waals surface area contributed by atoms with Crippen LogP contribution in [0.4, 0.5) is 18.9 Å². The number of nitrogens with two attached hydrogens (primary N) is 1. The standard InChI is InChI=1S/C9H11F3N4O/c1-5-2-7(16-13)6(3-14-5)8(17)15-4-9(10,11)12/h2-3H,4,13H2,1H3,(H,14,16)(H,15,17). The first kappa shape index (κ1) is 13.2. The molecule has 5 nitrogen and oxygen atoms in total. The number of amides is 1. The van der Waals surface area contributed by atoms with Crippen LogP contribution in [0.3, 0.4) is 0 Å². The van der Waals surface area contributed by atoms with Gasteiger partial charge >= 0.3 is 6.18 Å². The van der Waals surface area contributed by atoms with Gasteiger partial charge in [0.25, 0.3) is 5.91 Å². The Morgan fingerprint density at radius 2 is 2.18 bits per heavy atom. The number of halogens is 3. The van der Waals surface area contributed by atoms with Gasteiger partial charge in [-0.1, -0.05) is 0 Å². The fraction of sp³-hybridized carbons (Fsp3) is 0.333. The molecule has 1 aromatic rings. The summed E-state index contributed by atoms with van der Waals surface area (Å²) in [5, 5.41) is 1.73. The Bertz CT molecular complexity index is 419. The van der Waals surface area contributed by atoms with Crippen LogP contribution >= 0.6 is 0 Å². The van der Waals surface area contributed by atoms with Crippen molar-refractivity contribution in [2.24, 2.45) is 5.84 Å². The van der Waals surface area contributed by atoms with Gasteiger partial charge in [0.1, 0.15) is 6.54 Å². The van der Waals surface area contributed by atoms with Gasteiger partial charge in [0.05, 0.1) is 11.3 Å². The van der Waals surface area contributed by atoms with E-state index in [-0.39, 0.29) is 11.3 Å². The van der Waals surface area contributed by atoms with Crippen LogP contribution in [0.25, 0.3) is 0 Å². The molecule has 0 aromatic carbocycles. The maximum Gasteiger partial charge on any atom is 0.405 e. The number of nitrogens with zero attached hydrogens (tertiary/aromatic N) is 1. The minimum atomic E-state index is -4.45. The highest BCUT2D eigenvalue weighted by Crippen LogP contribution is 2.16. The van der Waals surface area contributed by atoms with Crippen molar-refractivity contribution in [2.75, 3.05) is 12.0 Å². The molecule has 0 spiro atoms. The van der Waals surface area contributed by atoms with Gasteiger partial charge in [0.15, 0.2) is 0 Å². The summed E-state index contributed by atoms with van der Waals surface area (Å²) in [6.07, 6.45) is -3.29. The van der Waals surface area contributed by atoms with Crippen molar-refractivity contribution in [1.82, 2.24) is 10.3 Å². The Kier molecular flexibility index (Phi) is 3.89. The molecule has 0 bridgehead atoms. The van der Waals surface area contributed by atoms with Gasteiger partial charge in [-0.15, -0.1) is 0 Å². The zero-order valence-corrected chi connectivity index (χ0v) is 8.93. The molecule has 1 aromatic heterocycles. The summed E-state index contributed by atoms with van der Waals surface area (Å²) < 4.78 is 35.7. The molecule has 94 valence electrons. The van der Waals surface area contributed by atoms with Gasteiger partial charge in [0.2, 0.25) is 0 Å². The quantitative estimate of drug-likeness (QED) is 0.550. The molecule has 1 rings (SSSR count). The van der Waals surface area contributed by atoms with Crippen molar-refractivity contribution in [2.45, 2.75) is 13.1 Å². The molecule has 0 aliphatic rings. The fourth-order valence-electron chi connectivity index (χ4n) is 1.14. The number of carbonyl (C=O) groups excluding carboxylic acids is 1. The molecule has 0 aliphatic heterocycles. The number of alkyl halides is 3. The molecule has 1 amide bonds. The van der Waals surface area contributed by atoms with E-state index in [1.54, 1.807) is 12.2 Å². The van der Waals surface area contributed by atoms with E-state index in [0.29, 0.717) is 5.69 Å². The number of hydrogen-bond acceptors (Lipinski definition) is 4. The molecule has 0 aliphatic carbocycles. The number of hydrogen-bond donors (Lipinski definition) is 3. The minimum absolute atomic E-state index is 0.0395. The lowest BCUT2D eigenvalue weighted by Crippen LogP contribution is -2.34.